The Morgan fingerprint density at radius 2 is 1.77 bits per heavy atom. The van der Waals surface area contributed by atoms with Crippen molar-refractivity contribution in [3.05, 3.63) is 29.8 Å². The molecule has 0 aliphatic rings. The average Bonchev–Trinajstić information content (AvgIpc) is 2.99. The number of thioether (sulfide) groups is 1. The highest BCUT2D eigenvalue weighted by molar-refractivity contribution is 8.00. The lowest BCUT2D eigenvalue weighted by atomic mass is 9.87. The maximum atomic E-state index is 12.1. The predicted molar refractivity (Wildman–Crippen MR) is 101 cm³/mol. The molecule has 0 spiro atoms. The van der Waals surface area contributed by atoms with Gasteiger partial charge in [0, 0.05) is 5.56 Å². The first kappa shape index (κ1) is 20.0. The Labute approximate surface area is 157 Å². The summed E-state index contributed by atoms with van der Waals surface area (Å²) in [6, 6.07) is 7.05. The lowest BCUT2D eigenvalue weighted by molar-refractivity contribution is -0.120. The van der Waals surface area contributed by atoms with Crippen LogP contribution < -0.4 is 11.1 Å². The van der Waals surface area contributed by atoms with E-state index in [0.29, 0.717) is 5.89 Å². The fraction of sp³-hybridized carbons (Fsp3) is 0.444. The van der Waals surface area contributed by atoms with E-state index >= 15 is 0 Å². The Kier molecular flexibility index (Phi) is 6.07. The van der Waals surface area contributed by atoms with Crippen molar-refractivity contribution < 1.29 is 14.0 Å². The Bertz CT molecular complexity index is 778. The molecule has 0 saturated carbocycles. The third kappa shape index (κ3) is 5.08. The maximum Gasteiger partial charge on any atom is 0.318 e. The number of amides is 3. The second-order valence-electron chi connectivity index (χ2n) is 7.34. The van der Waals surface area contributed by atoms with Crippen LogP contribution in [0, 0.1) is 5.92 Å². The Morgan fingerprint density at radius 1 is 1.15 bits per heavy atom. The van der Waals surface area contributed by atoms with Crippen LogP contribution in [0.15, 0.2) is 33.9 Å². The molecule has 1 atom stereocenters. The summed E-state index contributed by atoms with van der Waals surface area (Å²) in [5, 5.41) is 9.83. The van der Waals surface area contributed by atoms with Crippen molar-refractivity contribution in [3.8, 4) is 11.5 Å². The molecule has 140 valence electrons. The van der Waals surface area contributed by atoms with Crippen LogP contribution in [0.25, 0.3) is 11.5 Å². The van der Waals surface area contributed by atoms with Gasteiger partial charge in [0.05, 0.1) is 5.25 Å². The molecule has 0 aliphatic carbocycles. The van der Waals surface area contributed by atoms with E-state index in [1.54, 1.807) is 0 Å². The Hall–Kier alpha value is -2.35. The van der Waals surface area contributed by atoms with E-state index in [4.69, 9.17) is 10.2 Å². The number of nitrogens with zero attached hydrogens (tertiary/aromatic N) is 2. The molecule has 0 aliphatic heterocycles. The smallest absolute Gasteiger partial charge is 0.318 e. The number of carbonyl (C=O) groups is 2. The van der Waals surface area contributed by atoms with E-state index < -0.39 is 17.2 Å². The molecule has 3 amide bonds. The molecule has 1 aromatic carbocycles. The molecule has 0 saturated heterocycles. The van der Waals surface area contributed by atoms with Crippen molar-refractivity contribution in [1.82, 2.24) is 15.5 Å². The number of imide groups is 1. The summed E-state index contributed by atoms with van der Waals surface area (Å²) >= 11 is 1.11. The Balaban J connectivity index is 2.15. The minimum absolute atomic E-state index is 0.0548. The van der Waals surface area contributed by atoms with E-state index in [-0.39, 0.29) is 16.6 Å². The molecule has 7 nitrogen and oxygen atoms in total. The van der Waals surface area contributed by atoms with E-state index in [9.17, 15) is 9.59 Å². The third-order valence-corrected chi connectivity index (χ3v) is 5.12. The topological polar surface area (TPSA) is 111 Å². The predicted octanol–water partition coefficient (Wildman–Crippen LogP) is 3.35. The summed E-state index contributed by atoms with van der Waals surface area (Å²) in [7, 11) is 0. The molecule has 0 radical (unpaired) electrons. The van der Waals surface area contributed by atoms with Crippen molar-refractivity contribution in [3.63, 3.8) is 0 Å². The molecular formula is C18H24N4O3S. The number of hydrogen-bond acceptors (Lipinski definition) is 6. The van der Waals surface area contributed by atoms with Gasteiger partial charge in [-0.3, -0.25) is 10.1 Å². The van der Waals surface area contributed by atoms with Crippen molar-refractivity contribution in [2.24, 2.45) is 11.7 Å². The number of hydrogen-bond donors (Lipinski definition) is 2. The zero-order valence-corrected chi connectivity index (χ0v) is 16.4. The lowest BCUT2D eigenvalue weighted by Crippen LogP contribution is -2.42. The largest absolute Gasteiger partial charge is 0.411 e. The average molecular weight is 376 g/mol. The molecule has 8 heteroatoms. The number of carbonyl (C=O) groups excluding carboxylic acids is 2. The van der Waals surface area contributed by atoms with Gasteiger partial charge in [0.2, 0.25) is 11.8 Å². The molecule has 2 rings (SSSR count). The number of urea groups is 1. The van der Waals surface area contributed by atoms with Gasteiger partial charge in [-0.05, 0) is 29.0 Å². The first-order valence-corrected chi connectivity index (χ1v) is 9.17. The van der Waals surface area contributed by atoms with Crippen LogP contribution in [-0.4, -0.2) is 27.4 Å². The normalized spacial score (nSPS) is 12.8. The van der Waals surface area contributed by atoms with Gasteiger partial charge in [-0.25, -0.2) is 4.79 Å². The highest BCUT2D eigenvalue weighted by atomic mass is 32.2. The minimum atomic E-state index is -0.883. The van der Waals surface area contributed by atoms with Crippen LogP contribution in [0.3, 0.4) is 0 Å². The molecule has 26 heavy (non-hydrogen) atoms. The molecule has 0 unspecified atom stereocenters. The van der Waals surface area contributed by atoms with Crippen LogP contribution in [0.5, 0.6) is 0 Å². The highest BCUT2D eigenvalue weighted by Gasteiger charge is 2.27. The molecule has 0 bridgehead atoms. The summed E-state index contributed by atoms with van der Waals surface area (Å²) < 4.78 is 5.68. The van der Waals surface area contributed by atoms with E-state index in [1.807, 2.05) is 38.1 Å². The van der Waals surface area contributed by atoms with Crippen molar-refractivity contribution in [2.75, 3.05) is 0 Å². The van der Waals surface area contributed by atoms with Crippen LogP contribution >= 0.6 is 11.8 Å². The number of rotatable bonds is 5. The van der Waals surface area contributed by atoms with Crippen LogP contribution in [0.4, 0.5) is 4.79 Å². The Morgan fingerprint density at radius 3 is 2.27 bits per heavy atom. The standard InChI is InChI=1S/C18H24N4O3S/c1-10(2)13(14(23)20-16(19)24)26-17-22-21-15(25-17)11-6-8-12(9-7-11)18(3,4)5/h6-10,13H,1-5H3,(H3,19,20,23,24)/t13-/m1/s1. The van der Waals surface area contributed by atoms with Gasteiger partial charge in [0.15, 0.2) is 0 Å². The third-order valence-electron chi connectivity index (χ3n) is 3.74. The second-order valence-corrected chi connectivity index (χ2v) is 8.43. The van der Waals surface area contributed by atoms with Gasteiger partial charge in [-0.1, -0.05) is 58.5 Å². The highest BCUT2D eigenvalue weighted by Crippen LogP contribution is 2.30. The quantitative estimate of drug-likeness (QED) is 0.774. The lowest BCUT2D eigenvalue weighted by Gasteiger charge is -2.18. The van der Waals surface area contributed by atoms with Crippen LogP contribution in [0.2, 0.25) is 0 Å². The fourth-order valence-electron chi connectivity index (χ4n) is 2.28. The molecule has 1 heterocycles. The molecule has 3 N–H and O–H groups in total. The number of primary amides is 1. The van der Waals surface area contributed by atoms with Crippen molar-refractivity contribution in [1.29, 1.82) is 0 Å². The minimum Gasteiger partial charge on any atom is -0.411 e. The summed E-state index contributed by atoms with van der Waals surface area (Å²) in [5.41, 5.74) is 7.09. The summed E-state index contributed by atoms with van der Waals surface area (Å²) in [5.74, 6) is -0.154. The SMILES string of the molecule is CC(C)[C@@H](Sc1nnc(-c2ccc(C(C)(C)C)cc2)o1)C(=O)NC(N)=O. The van der Waals surface area contributed by atoms with Gasteiger partial charge >= 0.3 is 6.03 Å². The van der Waals surface area contributed by atoms with Gasteiger partial charge in [-0.2, -0.15) is 0 Å². The van der Waals surface area contributed by atoms with Gasteiger partial charge in [0.25, 0.3) is 5.22 Å². The zero-order valence-electron chi connectivity index (χ0n) is 15.6. The monoisotopic (exact) mass is 376 g/mol. The summed E-state index contributed by atoms with van der Waals surface area (Å²) in [6.45, 7) is 10.2. The van der Waals surface area contributed by atoms with Gasteiger partial charge in [0.1, 0.15) is 0 Å². The van der Waals surface area contributed by atoms with Crippen LogP contribution in [0.1, 0.15) is 40.2 Å². The van der Waals surface area contributed by atoms with E-state index in [1.165, 1.54) is 5.56 Å². The molecular weight excluding hydrogens is 352 g/mol. The number of nitrogens with one attached hydrogen (secondary N) is 1. The number of benzene rings is 1. The molecule has 2 aromatic rings. The zero-order chi connectivity index (χ0) is 19.5. The first-order chi connectivity index (χ1) is 12.1. The number of aromatic nitrogens is 2. The summed E-state index contributed by atoms with van der Waals surface area (Å²) in [6.07, 6.45) is 0. The van der Waals surface area contributed by atoms with Gasteiger partial charge < -0.3 is 10.2 Å². The number of nitrogens with two attached hydrogens (primary N) is 1. The van der Waals surface area contributed by atoms with E-state index in [2.05, 4.69) is 36.3 Å². The van der Waals surface area contributed by atoms with E-state index in [0.717, 1.165) is 17.3 Å². The molecule has 1 aromatic heterocycles. The summed E-state index contributed by atoms with van der Waals surface area (Å²) in [4.78, 5) is 23.0. The molecule has 0 fully saturated rings. The van der Waals surface area contributed by atoms with Crippen molar-refractivity contribution >= 4 is 23.7 Å². The van der Waals surface area contributed by atoms with Crippen molar-refractivity contribution in [2.45, 2.75) is 50.5 Å². The second kappa shape index (κ2) is 7.90. The maximum absolute atomic E-state index is 12.1. The van der Waals surface area contributed by atoms with Crippen LogP contribution in [-0.2, 0) is 10.2 Å². The first-order valence-electron chi connectivity index (χ1n) is 8.29. The fourth-order valence-corrected chi connectivity index (χ4v) is 3.15. The van der Waals surface area contributed by atoms with Gasteiger partial charge in [-0.15, -0.1) is 10.2 Å².